The third kappa shape index (κ3) is 3.38. The smallest absolute Gasteiger partial charge is 0.306 e. The highest BCUT2D eigenvalue weighted by Crippen LogP contribution is 2.52. The zero-order chi connectivity index (χ0) is 13.0. The number of esters is 1. The number of rotatable bonds is 6. The summed E-state index contributed by atoms with van der Waals surface area (Å²) >= 11 is 1.78. The molecule has 0 bridgehead atoms. The Balaban J connectivity index is 1.89. The third-order valence-corrected chi connectivity index (χ3v) is 4.58. The summed E-state index contributed by atoms with van der Waals surface area (Å²) in [6, 6.07) is 4.03. The van der Waals surface area contributed by atoms with E-state index < -0.39 is 0 Å². The summed E-state index contributed by atoms with van der Waals surface area (Å²) in [4.78, 5) is 16.7. The fraction of sp³-hybridized carbons (Fsp3) is 0.538. The average molecular weight is 266 g/mol. The van der Waals surface area contributed by atoms with Gasteiger partial charge in [-0.25, -0.2) is 4.98 Å². The first-order valence-corrected chi connectivity index (χ1v) is 6.99. The number of anilines is 1. The number of hydrogen-bond acceptors (Lipinski definition) is 5. The molecule has 4 nitrogen and oxygen atoms in total. The molecule has 1 aliphatic rings. The monoisotopic (exact) mass is 266 g/mol. The Morgan fingerprint density at radius 3 is 3.00 bits per heavy atom. The van der Waals surface area contributed by atoms with E-state index in [1.165, 1.54) is 12.0 Å². The Hall–Kier alpha value is -1.23. The zero-order valence-corrected chi connectivity index (χ0v) is 11.5. The largest absolute Gasteiger partial charge is 0.469 e. The van der Waals surface area contributed by atoms with E-state index in [0.717, 1.165) is 24.4 Å². The first kappa shape index (κ1) is 13.2. The molecule has 0 radical (unpaired) electrons. The summed E-state index contributed by atoms with van der Waals surface area (Å²) in [5, 5.41) is 3.02. The lowest BCUT2D eigenvalue weighted by Crippen LogP contribution is -2.12. The summed E-state index contributed by atoms with van der Waals surface area (Å²) < 4.78 is 4.75. The maximum Gasteiger partial charge on any atom is 0.306 e. The molecule has 0 atom stereocenters. The van der Waals surface area contributed by atoms with Gasteiger partial charge in [0.2, 0.25) is 0 Å². The lowest BCUT2D eigenvalue weighted by Gasteiger charge is -2.13. The fourth-order valence-corrected chi connectivity index (χ4v) is 3.02. The molecule has 1 aliphatic carbocycles. The topological polar surface area (TPSA) is 51.2 Å². The Labute approximate surface area is 112 Å². The van der Waals surface area contributed by atoms with Crippen LogP contribution >= 0.6 is 11.8 Å². The highest BCUT2D eigenvalue weighted by Gasteiger charge is 2.44. The number of nitrogens with zero attached hydrogens (tertiary/aromatic N) is 1. The molecule has 0 unspecified atom stereocenters. The van der Waals surface area contributed by atoms with Crippen molar-refractivity contribution in [2.45, 2.75) is 24.2 Å². The summed E-state index contributed by atoms with van der Waals surface area (Å²) in [6.07, 6.45) is 4.59. The quantitative estimate of drug-likeness (QED) is 0.633. The maximum absolute atomic E-state index is 11.3. The number of carbonyl (C=O) groups is 1. The van der Waals surface area contributed by atoms with Crippen molar-refractivity contribution in [2.24, 2.45) is 5.41 Å². The highest BCUT2D eigenvalue weighted by molar-refractivity contribution is 7.99. The molecule has 98 valence electrons. The maximum atomic E-state index is 11.3. The molecule has 0 spiro atoms. The fourth-order valence-electron chi connectivity index (χ4n) is 1.80. The minimum atomic E-state index is -0.0984. The minimum absolute atomic E-state index is 0.0984. The molecule has 1 aromatic heterocycles. The summed E-state index contributed by atoms with van der Waals surface area (Å²) in [5.74, 6) is 1.74. The molecule has 0 amide bonds. The van der Waals surface area contributed by atoms with Gasteiger partial charge in [-0.3, -0.25) is 4.79 Å². The van der Waals surface area contributed by atoms with E-state index >= 15 is 0 Å². The standard InChI is InChI=1S/C13H18N2O2S/c1-14-11-7-10(3-6-15-11)18-9-13(4-5-13)8-12(16)17-2/h3,6-7H,4-5,8-9H2,1-2H3,(H,14,15). The Morgan fingerprint density at radius 1 is 1.61 bits per heavy atom. The van der Waals surface area contributed by atoms with Gasteiger partial charge in [-0.05, 0) is 30.4 Å². The van der Waals surface area contributed by atoms with Crippen molar-refractivity contribution in [1.29, 1.82) is 0 Å². The van der Waals surface area contributed by atoms with Crippen LogP contribution in [-0.2, 0) is 9.53 Å². The number of thioether (sulfide) groups is 1. The van der Waals surface area contributed by atoms with Crippen LogP contribution in [0.15, 0.2) is 23.2 Å². The molecule has 1 aromatic rings. The van der Waals surface area contributed by atoms with Gasteiger partial charge in [-0.1, -0.05) is 0 Å². The predicted molar refractivity (Wildman–Crippen MR) is 72.8 cm³/mol. The van der Waals surface area contributed by atoms with Crippen LogP contribution in [0.3, 0.4) is 0 Å². The second-order valence-corrected chi connectivity index (χ2v) is 5.72. The van der Waals surface area contributed by atoms with Gasteiger partial charge in [0.15, 0.2) is 0 Å². The van der Waals surface area contributed by atoms with Gasteiger partial charge in [0, 0.05) is 23.9 Å². The van der Waals surface area contributed by atoms with Crippen LogP contribution < -0.4 is 5.32 Å². The van der Waals surface area contributed by atoms with Crippen LogP contribution in [0.1, 0.15) is 19.3 Å². The van der Waals surface area contributed by atoms with E-state index in [4.69, 9.17) is 4.74 Å². The first-order valence-electron chi connectivity index (χ1n) is 6.01. The molecule has 0 aliphatic heterocycles. The van der Waals surface area contributed by atoms with Crippen molar-refractivity contribution in [3.05, 3.63) is 18.3 Å². The summed E-state index contributed by atoms with van der Waals surface area (Å²) in [5.41, 5.74) is 0.167. The molecular weight excluding hydrogens is 248 g/mol. The van der Waals surface area contributed by atoms with Crippen LogP contribution in [0, 0.1) is 5.41 Å². The van der Waals surface area contributed by atoms with E-state index in [1.807, 2.05) is 19.2 Å². The molecule has 1 fully saturated rings. The van der Waals surface area contributed by atoms with Crippen LogP contribution in [-0.4, -0.2) is 30.9 Å². The second kappa shape index (κ2) is 5.61. The number of carbonyl (C=O) groups excluding carboxylic acids is 1. The SMILES string of the molecule is CNc1cc(SCC2(CC(=O)OC)CC2)ccn1. The lowest BCUT2D eigenvalue weighted by atomic mass is 10.1. The van der Waals surface area contributed by atoms with Gasteiger partial charge < -0.3 is 10.1 Å². The molecule has 1 N–H and O–H groups in total. The number of pyridine rings is 1. The van der Waals surface area contributed by atoms with E-state index in [1.54, 1.807) is 18.0 Å². The van der Waals surface area contributed by atoms with Crippen molar-refractivity contribution < 1.29 is 9.53 Å². The van der Waals surface area contributed by atoms with Crippen LogP contribution in [0.25, 0.3) is 0 Å². The lowest BCUT2D eigenvalue weighted by molar-refractivity contribution is -0.141. The predicted octanol–water partition coefficient (Wildman–Crippen LogP) is 2.56. The molecule has 1 saturated carbocycles. The first-order chi connectivity index (χ1) is 8.67. The van der Waals surface area contributed by atoms with E-state index in [-0.39, 0.29) is 11.4 Å². The number of methoxy groups -OCH3 is 1. The molecular formula is C13H18N2O2S. The number of aromatic nitrogens is 1. The average Bonchev–Trinajstić information content (AvgIpc) is 3.17. The van der Waals surface area contributed by atoms with Crippen LogP contribution in [0.5, 0.6) is 0 Å². The Morgan fingerprint density at radius 2 is 2.39 bits per heavy atom. The van der Waals surface area contributed by atoms with Gasteiger partial charge in [0.1, 0.15) is 5.82 Å². The molecule has 1 heterocycles. The van der Waals surface area contributed by atoms with Crippen LogP contribution in [0.4, 0.5) is 5.82 Å². The molecule has 2 rings (SSSR count). The van der Waals surface area contributed by atoms with E-state index in [9.17, 15) is 4.79 Å². The minimum Gasteiger partial charge on any atom is -0.469 e. The number of nitrogens with one attached hydrogen (secondary N) is 1. The Bertz CT molecular complexity index is 433. The van der Waals surface area contributed by atoms with Gasteiger partial charge in [-0.15, -0.1) is 11.8 Å². The number of hydrogen-bond donors (Lipinski definition) is 1. The van der Waals surface area contributed by atoms with Crippen LogP contribution in [0.2, 0.25) is 0 Å². The molecule has 0 aromatic carbocycles. The van der Waals surface area contributed by atoms with Crippen molar-refractivity contribution in [1.82, 2.24) is 4.98 Å². The molecule has 0 saturated heterocycles. The van der Waals surface area contributed by atoms with Gasteiger partial charge >= 0.3 is 5.97 Å². The third-order valence-electron chi connectivity index (χ3n) is 3.24. The van der Waals surface area contributed by atoms with Crippen molar-refractivity contribution >= 4 is 23.5 Å². The van der Waals surface area contributed by atoms with Gasteiger partial charge in [0.05, 0.1) is 13.5 Å². The molecule has 5 heteroatoms. The normalized spacial score (nSPS) is 16.1. The van der Waals surface area contributed by atoms with Gasteiger partial charge in [-0.2, -0.15) is 0 Å². The second-order valence-electron chi connectivity index (χ2n) is 4.67. The Kier molecular flexibility index (Phi) is 4.11. The van der Waals surface area contributed by atoms with Crippen molar-refractivity contribution in [3.8, 4) is 0 Å². The number of ether oxygens (including phenoxy) is 1. The van der Waals surface area contributed by atoms with Crippen molar-refractivity contribution in [3.63, 3.8) is 0 Å². The van der Waals surface area contributed by atoms with Crippen molar-refractivity contribution in [2.75, 3.05) is 25.2 Å². The molecule has 18 heavy (non-hydrogen) atoms. The summed E-state index contributed by atoms with van der Waals surface area (Å²) in [7, 11) is 3.31. The van der Waals surface area contributed by atoms with E-state index in [0.29, 0.717) is 6.42 Å². The zero-order valence-electron chi connectivity index (χ0n) is 10.7. The van der Waals surface area contributed by atoms with E-state index in [2.05, 4.69) is 10.3 Å². The highest BCUT2D eigenvalue weighted by atomic mass is 32.2. The summed E-state index contributed by atoms with van der Waals surface area (Å²) in [6.45, 7) is 0. The van der Waals surface area contributed by atoms with Gasteiger partial charge in [0.25, 0.3) is 0 Å².